The number of hydrogen-bond acceptors (Lipinski definition) is 6. The van der Waals surface area contributed by atoms with Crippen LogP contribution in [0.25, 0.3) is 0 Å². The fraction of sp³-hybridized carbons (Fsp3) is 1.00. The highest BCUT2D eigenvalue weighted by molar-refractivity contribution is 7.58. The fourth-order valence-corrected chi connectivity index (χ4v) is 6.28. The van der Waals surface area contributed by atoms with Crippen molar-refractivity contribution in [3.8, 4) is 0 Å². The molecule has 86 valence electrons. The Bertz CT molecular complexity index is 316. The summed E-state index contributed by atoms with van der Waals surface area (Å²) < 4.78 is 45.0. The third-order valence-corrected chi connectivity index (χ3v) is 6.90. The molecule has 5 saturated heterocycles. The molecular weight excluding hydrogens is 242 g/mol. The van der Waals surface area contributed by atoms with Gasteiger partial charge in [-0.3, -0.25) is 9.13 Å². The molecule has 0 atom stereocenters. The molecule has 5 aliphatic rings. The Morgan fingerprint density at radius 1 is 0.733 bits per heavy atom. The van der Waals surface area contributed by atoms with Crippen LogP contribution in [0.3, 0.4) is 0 Å². The Kier molecular flexibility index (Phi) is 2.20. The average Bonchev–Trinajstić information content (AvgIpc) is 2.38. The molecule has 0 aromatic heterocycles. The van der Waals surface area contributed by atoms with Crippen LogP contribution in [0.1, 0.15) is 0 Å². The van der Waals surface area contributed by atoms with Crippen molar-refractivity contribution >= 4 is 15.2 Å². The minimum absolute atomic E-state index is 0.111. The normalized spacial score (nSPS) is 54.7. The van der Waals surface area contributed by atoms with E-state index in [1.807, 2.05) is 0 Å². The minimum atomic E-state index is -3.04. The van der Waals surface area contributed by atoms with E-state index in [1.165, 1.54) is 0 Å². The second kappa shape index (κ2) is 3.16. The number of fused-ring (bicyclic) bond motifs is 2. The van der Waals surface area contributed by atoms with Crippen LogP contribution in [0.5, 0.6) is 0 Å². The van der Waals surface area contributed by atoms with Gasteiger partial charge in [0.15, 0.2) is 0 Å². The predicted octanol–water partition coefficient (Wildman–Crippen LogP) is 1.47. The van der Waals surface area contributed by atoms with Crippen molar-refractivity contribution in [1.29, 1.82) is 0 Å². The van der Waals surface area contributed by atoms with Crippen LogP contribution in [0.15, 0.2) is 0 Å². The summed E-state index contributed by atoms with van der Waals surface area (Å²) in [5.41, 5.74) is -0.424. The third kappa shape index (κ3) is 1.74. The zero-order chi connectivity index (χ0) is 10.6. The van der Waals surface area contributed by atoms with Gasteiger partial charge in [-0.2, -0.15) is 0 Å². The first-order chi connectivity index (χ1) is 7.04. The topological polar surface area (TPSA) is 71.1 Å². The van der Waals surface area contributed by atoms with Gasteiger partial charge in [-0.25, -0.2) is 0 Å². The summed E-state index contributed by atoms with van der Waals surface area (Å²) in [4.78, 5) is 0. The van der Waals surface area contributed by atoms with Crippen LogP contribution in [-0.2, 0) is 27.2 Å². The summed E-state index contributed by atoms with van der Waals surface area (Å²) in [5, 5.41) is 0. The van der Waals surface area contributed by atoms with Gasteiger partial charge in [0.25, 0.3) is 0 Å². The quantitative estimate of drug-likeness (QED) is 0.609. The van der Waals surface area contributed by atoms with Crippen molar-refractivity contribution in [1.82, 2.24) is 0 Å². The minimum Gasteiger partial charge on any atom is -0.308 e. The highest BCUT2D eigenvalue weighted by atomic mass is 31.2. The van der Waals surface area contributed by atoms with Crippen molar-refractivity contribution in [2.75, 3.05) is 38.8 Å². The van der Waals surface area contributed by atoms with Gasteiger partial charge in [-0.05, 0) is 0 Å². The second-order valence-corrected chi connectivity index (χ2v) is 8.63. The zero-order valence-corrected chi connectivity index (χ0v) is 9.88. The van der Waals surface area contributed by atoms with E-state index in [0.29, 0.717) is 26.4 Å². The maximum absolute atomic E-state index is 11.9. The van der Waals surface area contributed by atoms with Crippen LogP contribution < -0.4 is 0 Å². The molecule has 0 N–H and O–H groups in total. The van der Waals surface area contributed by atoms with E-state index in [-0.39, 0.29) is 12.3 Å². The first-order valence-electron chi connectivity index (χ1n) is 4.80. The van der Waals surface area contributed by atoms with Gasteiger partial charge in [0.2, 0.25) is 0 Å². The monoisotopic (exact) mass is 254 g/mol. The van der Waals surface area contributed by atoms with E-state index in [2.05, 4.69) is 0 Å². The molecule has 3 bridgehead atoms. The lowest BCUT2D eigenvalue weighted by Gasteiger charge is -2.40. The largest absolute Gasteiger partial charge is 0.331 e. The van der Waals surface area contributed by atoms with E-state index < -0.39 is 20.6 Å². The summed E-state index contributed by atoms with van der Waals surface area (Å²) in [7, 11) is -6.08. The maximum Gasteiger partial charge on any atom is 0.331 e. The molecule has 0 aromatic carbocycles. The molecule has 0 amide bonds. The first kappa shape index (κ1) is 10.5. The first-order valence-corrected chi connectivity index (χ1v) is 8.25. The molecule has 0 aliphatic carbocycles. The van der Waals surface area contributed by atoms with Crippen LogP contribution in [0, 0.1) is 5.41 Å². The van der Waals surface area contributed by atoms with Crippen LogP contribution in [0.2, 0.25) is 0 Å². The summed E-state index contributed by atoms with van der Waals surface area (Å²) in [5.74, 6) is 0. The van der Waals surface area contributed by atoms with E-state index in [4.69, 9.17) is 18.1 Å². The molecule has 8 heteroatoms. The van der Waals surface area contributed by atoms with Gasteiger partial charge in [0.1, 0.15) is 0 Å². The molecule has 5 rings (SSSR count). The summed E-state index contributed by atoms with van der Waals surface area (Å²) in [6.45, 7) is 1.18. The predicted molar refractivity (Wildman–Crippen MR) is 51.2 cm³/mol. The Hall–Kier alpha value is 0.300. The molecule has 6 nitrogen and oxygen atoms in total. The molecule has 5 aliphatic heterocycles. The van der Waals surface area contributed by atoms with Crippen molar-refractivity contribution in [2.45, 2.75) is 0 Å². The SMILES string of the molecule is O=P12CCP3(=O)OCC(CO1)(CO2)CO3. The van der Waals surface area contributed by atoms with Gasteiger partial charge in [0.05, 0.1) is 44.2 Å². The second-order valence-electron chi connectivity index (χ2n) is 4.26. The van der Waals surface area contributed by atoms with Crippen molar-refractivity contribution in [3.63, 3.8) is 0 Å². The Labute approximate surface area is 87.3 Å². The van der Waals surface area contributed by atoms with Crippen LogP contribution >= 0.6 is 15.2 Å². The van der Waals surface area contributed by atoms with Gasteiger partial charge in [-0.15, -0.1) is 0 Å². The van der Waals surface area contributed by atoms with Crippen LogP contribution in [-0.4, -0.2) is 38.8 Å². The molecule has 5 heterocycles. The van der Waals surface area contributed by atoms with Crippen molar-refractivity contribution in [3.05, 3.63) is 0 Å². The Balaban J connectivity index is 1.99. The van der Waals surface area contributed by atoms with Gasteiger partial charge >= 0.3 is 15.2 Å². The molecule has 0 saturated carbocycles. The molecular formula is C7H12O6P2. The lowest BCUT2D eigenvalue weighted by atomic mass is 9.93. The Morgan fingerprint density at radius 3 is 1.40 bits per heavy atom. The fourth-order valence-electron chi connectivity index (χ4n) is 1.77. The van der Waals surface area contributed by atoms with Crippen molar-refractivity contribution in [2.24, 2.45) is 5.41 Å². The number of hydrogen-bond donors (Lipinski definition) is 0. The van der Waals surface area contributed by atoms with E-state index in [0.717, 1.165) is 0 Å². The van der Waals surface area contributed by atoms with E-state index >= 15 is 0 Å². The van der Waals surface area contributed by atoms with Crippen LogP contribution in [0.4, 0.5) is 0 Å². The molecule has 0 radical (unpaired) electrons. The highest BCUT2D eigenvalue weighted by Gasteiger charge is 2.51. The summed E-state index contributed by atoms with van der Waals surface area (Å²) >= 11 is 0. The van der Waals surface area contributed by atoms with Crippen molar-refractivity contribution < 1.29 is 27.2 Å². The third-order valence-electron chi connectivity index (χ3n) is 2.92. The molecule has 1 spiro atoms. The summed E-state index contributed by atoms with van der Waals surface area (Å²) in [6.07, 6.45) is 0.223. The number of rotatable bonds is 0. The lowest BCUT2D eigenvalue weighted by molar-refractivity contribution is -0.0643. The molecule has 0 unspecified atom stereocenters. The smallest absolute Gasteiger partial charge is 0.308 e. The van der Waals surface area contributed by atoms with E-state index in [9.17, 15) is 9.13 Å². The molecule has 0 aromatic rings. The van der Waals surface area contributed by atoms with Gasteiger partial charge < -0.3 is 18.1 Å². The maximum atomic E-state index is 11.9. The van der Waals surface area contributed by atoms with E-state index in [1.54, 1.807) is 0 Å². The lowest BCUT2D eigenvalue weighted by Crippen LogP contribution is -2.44. The standard InChI is InChI=1S/C7H12O6P2/c8-14-1-2-15(9)12-5-7(3-10-14,4-11-14)6-13-15/h1-6H2. The van der Waals surface area contributed by atoms with Gasteiger partial charge in [0, 0.05) is 0 Å². The average molecular weight is 254 g/mol. The molecule has 15 heavy (non-hydrogen) atoms. The highest BCUT2D eigenvalue weighted by Crippen LogP contribution is 2.64. The van der Waals surface area contributed by atoms with Gasteiger partial charge in [-0.1, -0.05) is 0 Å². The Morgan fingerprint density at radius 2 is 1.07 bits per heavy atom. The molecule has 5 fully saturated rings. The zero-order valence-electron chi connectivity index (χ0n) is 8.09. The summed E-state index contributed by atoms with van der Waals surface area (Å²) in [6, 6.07) is 0.